The van der Waals surface area contributed by atoms with E-state index in [2.05, 4.69) is 15.2 Å². The highest BCUT2D eigenvalue weighted by Gasteiger charge is 2.44. The van der Waals surface area contributed by atoms with Gasteiger partial charge in [-0.05, 0) is 0 Å². The smallest absolute Gasteiger partial charge is 0.383 e. The van der Waals surface area contributed by atoms with Gasteiger partial charge in [-0.1, -0.05) is 12.1 Å². The van der Waals surface area contributed by atoms with E-state index in [1.165, 1.54) is 17.8 Å². The van der Waals surface area contributed by atoms with Crippen LogP contribution in [0.5, 0.6) is 0 Å². The van der Waals surface area contributed by atoms with E-state index in [1.54, 1.807) is 13.2 Å². The second-order valence-corrected chi connectivity index (χ2v) is 4.13. The molecule has 2 atom stereocenters. The Morgan fingerprint density at radius 1 is 1.42 bits per heavy atom. The van der Waals surface area contributed by atoms with E-state index < -0.39 is 18.2 Å². The average molecular weight is 276 g/mol. The Labute approximate surface area is 105 Å². The molecule has 0 aliphatic carbocycles. The Bertz CT molecular complexity index is 563. The van der Waals surface area contributed by atoms with Gasteiger partial charge in [-0.25, -0.2) is 0 Å². The molecular formula is C10H11F3N4O2. The SMILES string of the molecule is CC(c1nc(-c2cnn(C)c2)no1)C(O)C(F)(F)F. The topological polar surface area (TPSA) is 77.0 Å². The number of aliphatic hydroxyl groups is 1. The van der Waals surface area contributed by atoms with Gasteiger partial charge in [-0.15, -0.1) is 0 Å². The van der Waals surface area contributed by atoms with Crippen molar-refractivity contribution >= 4 is 0 Å². The Morgan fingerprint density at radius 2 is 2.11 bits per heavy atom. The van der Waals surface area contributed by atoms with Crippen LogP contribution < -0.4 is 0 Å². The summed E-state index contributed by atoms with van der Waals surface area (Å²) in [6.07, 6.45) is -4.23. The molecule has 2 rings (SSSR count). The summed E-state index contributed by atoms with van der Waals surface area (Å²) in [5.41, 5.74) is 0.520. The summed E-state index contributed by atoms with van der Waals surface area (Å²) in [7, 11) is 1.68. The van der Waals surface area contributed by atoms with Crippen molar-refractivity contribution in [1.29, 1.82) is 0 Å². The largest absolute Gasteiger partial charge is 0.415 e. The van der Waals surface area contributed by atoms with Crippen molar-refractivity contribution in [2.45, 2.75) is 25.1 Å². The fourth-order valence-electron chi connectivity index (χ4n) is 1.49. The Morgan fingerprint density at radius 3 is 2.63 bits per heavy atom. The lowest BCUT2D eigenvalue weighted by molar-refractivity contribution is -0.210. The van der Waals surface area contributed by atoms with E-state index in [-0.39, 0.29) is 11.7 Å². The van der Waals surface area contributed by atoms with E-state index in [0.29, 0.717) is 5.56 Å². The van der Waals surface area contributed by atoms with E-state index in [0.717, 1.165) is 0 Å². The molecule has 2 aromatic heterocycles. The molecule has 0 saturated carbocycles. The Kier molecular flexibility index (Phi) is 3.31. The number of rotatable bonds is 3. The van der Waals surface area contributed by atoms with Crippen LogP contribution in [0.15, 0.2) is 16.9 Å². The van der Waals surface area contributed by atoms with Crippen LogP contribution in [0.2, 0.25) is 0 Å². The first-order valence-corrected chi connectivity index (χ1v) is 5.36. The first-order valence-electron chi connectivity index (χ1n) is 5.36. The Hall–Kier alpha value is -1.90. The molecule has 19 heavy (non-hydrogen) atoms. The quantitative estimate of drug-likeness (QED) is 0.919. The lowest BCUT2D eigenvalue weighted by atomic mass is 10.0. The van der Waals surface area contributed by atoms with E-state index in [1.807, 2.05) is 0 Å². The lowest BCUT2D eigenvalue weighted by Gasteiger charge is -2.17. The molecule has 9 heteroatoms. The van der Waals surface area contributed by atoms with Crippen molar-refractivity contribution in [3.63, 3.8) is 0 Å². The molecule has 0 amide bonds. The predicted octanol–water partition coefficient (Wildman–Crippen LogP) is 1.50. The number of hydrogen-bond donors (Lipinski definition) is 1. The zero-order chi connectivity index (χ0) is 14.2. The molecule has 0 fully saturated rings. The Balaban J connectivity index is 2.22. The fraction of sp³-hybridized carbons (Fsp3) is 0.500. The lowest BCUT2D eigenvalue weighted by Crippen LogP contribution is -2.33. The van der Waals surface area contributed by atoms with Crippen molar-refractivity contribution in [3.8, 4) is 11.4 Å². The maximum absolute atomic E-state index is 12.4. The van der Waals surface area contributed by atoms with Crippen LogP contribution in [0, 0.1) is 0 Å². The summed E-state index contributed by atoms with van der Waals surface area (Å²) >= 11 is 0. The predicted molar refractivity (Wildman–Crippen MR) is 57.0 cm³/mol. The van der Waals surface area contributed by atoms with Crippen molar-refractivity contribution < 1.29 is 22.8 Å². The number of aryl methyl sites for hydroxylation is 1. The minimum absolute atomic E-state index is 0.129. The minimum atomic E-state index is -4.73. The number of hydrogen-bond acceptors (Lipinski definition) is 5. The van der Waals surface area contributed by atoms with Gasteiger partial charge in [0.1, 0.15) is 0 Å². The normalized spacial score (nSPS) is 15.5. The van der Waals surface area contributed by atoms with Gasteiger partial charge in [0.25, 0.3) is 0 Å². The average Bonchev–Trinajstić information content (AvgIpc) is 2.94. The van der Waals surface area contributed by atoms with E-state index >= 15 is 0 Å². The summed E-state index contributed by atoms with van der Waals surface area (Å²) in [5, 5.41) is 16.6. The standard InChI is InChI=1S/C10H11F3N4O2/c1-5(7(18)10(11,12)13)9-15-8(16-19-9)6-3-14-17(2)4-6/h3-5,7,18H,1-2H3. The molecule has 0 radical (unpaired) electrons. The molecule has 0 aliphatic heterocycles. The van der Waals surface area contributed by atoms with Crippen LogP contribution in [0.4, 0.5) is 13.2 Å². The van der Waals surface area contributed by atoms with Crippen LogP contribution in [0.1, 0.15) is 18.7 Å². The maximum Gasteiger partial charge on any atom is 0.415 e. The van der Waals surface area contributed by atoms with Gasteiger partial charge in [0, 0.05) is 13.2 Å². The highest BCUT2D eigenvalue weighted by atomic mass is 19.4. The molecule has 1 N–H and O–H groups in total. The molecule has 104 valence electrons. The number of halogens is 3. The molecule has 6 nitrogen and oxygen atoms in total. The highest BCUT2D eigenvalue weighted by Crippen LogP contribution is 2.31. The number of nitrogens with zero attached hydrogens (tertiary/aromatic N) is 4. The van der Waals surface area contributed by atoms with Crippen LogP contribution in [0.3, 0.4) is 0 Å². The summed E-state index contributed by atoms with van der Waals surface area (Å²) in [6, 6.07) is 0. The third-order valence-corrected chi connectivity index (χ3v) is 2.60. The van der Waals surface area contributed by atoms with Gasteiger partial charge in [-0.3, -0.25) is 4.68 Å². The molecule has 0 saturated heterocycles. The van der Waals surface area contributed by atoms with Gasteiger partial charge >= 0.3 is 6.18 Å². The maximum atomic E-state index is 12.4. The molecule has 0 aromatic carbocycles. The third kappa shape index (κ3) is 2.75. The van der Waals surface area contributed by atoms with Crippen LogP contribution >= 0.6 is 0 Å². The summed E-state index contributed by atoms with van der Waals surface area (Å²) in [6.45, 7) is 1.17. The number of aliphatic hydroxyl groups excluding tert-OH is 1. The van der Waals surface area contributed by atoms with E-state index in [4.69, 9.17) is 9.63 Å². The van der Waals surface area contributed by atoms with Crippen molar-refractivity contribution in [1.82, 2.24) is 19.9 Å². The summed E-state index contributed by atoms with van der Waals surface area (Å²) < 4.78 is 43.3. The molecule has 2 aromatic rings. The second kappa shape index (κ2) is 4.65. The van der Waals surface area contributed by atoms with Gasteiger partial charge in [-0.2, -0.15) is 23.3 Å². The van der Waals surface area contributed by atoms with Crippen molar-refractivity contribution in [2.24, 2.45) is 7.05 Å². The molecule has 0 spiro atoms. The van der Waals surface area contributed by atoms with Crippen LogP contribution in [0.25, 0.3) is 11.4 Å². The summed E-state index contributed by atoms with van der Waals surface area (Å²) in [5.74, 6) is -1.48. The van der Waals surface area contributed by atoms with Gasteiger partial charge in [0.15, 0.2) is 6.10 Å². The highest BCUT2D eigenvalue weighted by molar-refractivity contribution is 5.51. The number of aromatic nitrogens is 4. The monoisotopic (exact) mass is 276 g/mol. The fourth-order valence-corrected chi connectivity index (χ4v) is 1.49. The minimum Gasteiger partial charge on any atom is -0.383 e. The summed E-state index contributed by atoms with van der Waals surface area (Å²) in [4.78, 5) is 3.84. The third-order valence-electron chi connectivity index (χ3n) is 2.60. The first kappa shape index (κ1) is 13.5. The zero-order valence-electron chi connectivity index (χ0n) is 10.1. The van der Waals surface area contributed by atoms with Crippen LogP contribution in [-0.2, 0) is 7.05 Å². The van der Waals surface area contributed by atoms with Crippen molar-refractivity contribution in [3.05, 3.63) is 18.3 Å². The number of alkyl halides is 3. The molecular weight excluding hydrogens is 265 g/mol. The first-order chi connectivity index (χ1) is 8.79. The van der Waals surface area contributed by atoms with E-state index in [9.17, 15) is 13.2 Å². The van der Waals surface area contributed by atoms with Gasteiger partial charge in [0.05, 0.1) is 17.7 Å². The second-order valence-electron chi connectivity index (χ2n) is 4.13. The van der Waals surface area contributed by atoms with Crippen LogP contribution in [-0.4, -0.2) is 37.3 Å². The molecule has 0 bridgehead atoms. The molecule has 0 aliphatic rings. The molecule has 2 heterocycles. The van der Waals surface area contributed by atoms with Gasteiger partial charge < -0.3 is 9.63 Å². The molecule has 2 unspecified atom stereocenters. The van der Waals surface area contributed by atoms with Crippen molar-refractivity contribution in [2.75, 3.05) is 0 Å². The zero-order valence-corrected chi connectivity index (χ0v) is 10.1. The van der Waals surface area contributed by atoms with Gasteiger partial charge in [0.2, 0.25) is 11.7 Å².